The molecule has 8 nitrogen and oxygen atoms in total. The maximum Gasteiger partial charge on any atom is 0.308 e. The van der Waals surface area contributed by atoms with Crippen molar-refractivity contribution in [1.29, 1.82) is 0 Å². The highest BCUT2D eigenvalue weighted by molar-refractivity contribution is 9.10. The van der Waals surface area contributed by atoms with Crippen molar-refractivity contribution < 1.29 is 14.3 Å². The molecule has 1 aliphatic rings. The quantitative estimate of drug-likeness (QED) is 0.330. The number of fused-ring (bicyclic) bond motifs is 1. The van der Waals surface area contributed by atoms with E-state index < -0.39 is 6.04 Å². The Bertz CT molecular complexity index is 1300. The highest BCUT2D eigenvalue weighted by Crippen LogP contribution is 2.30. The Morgan fingerprint density at radius 1 is 1.24 bits per heavy atom. The Morgan fingerprint density at radius 3 is 2.82 bits per heavy atom. The van der Waals surface area contributed by atoms with E-state index in [9.17, 15) is 9.59 Å². The smallest absolute Gasteiger partial charge is 0.308 e. The molecule has 1 unspecified atom stereocenters. The number of amides is 1. The zero-order chi connectivity index (χ0) is 27.3. The van der Waals surface area contributed by atoms with Crippen LogP contribution in [0.3, 0.4) is 0 Å². The number of nitrogens with one attached hydrogen (secondary N) is 2. The molecule has 38 heavy (non-hydrogen) atoms. The highest BCUT2D eigenvalue weighted by Gasteiger charge is 2.24. The SMILES string of the molecule is CCOC(=O)CC(NC(=O)c1cnn(CCc2ccc3c(n2)NCCC3)c1)c1cc(Br)cc(C(C)(C)C)c1. The molecule has 3 heterocycles. The van der Waals surface area contributed by atoms with Crippen molar-refractivity contribution in [3.05, 3.63) is 75.1 Å². The minimum atomic E-state index is -0.546. The van der Waals surface area contributed by atoms with Gasteiger partial charge in [-0.15, -0.1) is 0 Å². The minimum Gasteiger partial charge on any atom is -0.466 e. The van der Waals surface area contributed by atoms with Gasteiger partial charge in [-0.1, -0.05) is 48.8 Å². The zero-order valence-corrected chi connectivity index (χ0v) is 24.1. The molecule has 9 heteroatoms. The maximum atomic E-state index is 13.2. The van der Waals surface area contributed by atoms with Gasteiger partial charge in [-0.3, -0.25) is 14.3 Å². The minimum absolute atomic E-state index is 0.0335. The molecule has 0 radical (unpaired) electrons. The fraction of sp³-hybridized carbons (Fsp3) is 0.448. The molecule has 0 saturated carbocycles. The number of hydrogen-bond acceptors (Lipinski definition) is 6. The first-order valence-electron chi connectivity index (χ1n) is 13.1. The number of benzene rings is 1. The van der Waals surface area contributed by atoms with E-state index in [0.29, 0.717) is 18.5 Å². The third kappa shape index (κ3) is 7.22. The molecule has 0 fully saturated rings. The van der Waals surface area contributed by atoms with Gasteiger partial charge < -0.3 is 15.4 Å². The Balaban J connectivity index is 1.46. The third-order valence-corrected chi connectivity index (χ3v) is 7.07. The number of pyridine rings is 1. The van der Waals surface area contributed by atoms with Crippen molar-refractivity contribution in [3.8, 4) is 0 Å². The molecular weight excluding hydrogens is 546 g/mol. The number of anilines is 1. The Labute approximate surface area is 232 Å². The highest BCUT2D eigenvalue weighted by atomic mass is 79.9. The number of aryl methyl sites for hydroxylation is 3. The Morgan fingerprint density at radius 2 is 2.05 bits per heavy atom. The Kier molecular flexibility index (Phi) is 8.87. The normalized spacial score (nSPS) is 13.8. The first-order chi connectivity index (χ1) is 18.1. The fourth-order valence-corrected chi connectivity index (χ4v) is 4.98. The number of carbonyl (C=O) groups is 2. The van der Waals surface area contributed by atoms with Crippen LogP contribution in [0, 0.1) is 0 Å². The summed E-state index contributed by atoms with van der Waals surface area (Å²) in [5.41, 5.74) is 4.52. The summed E-state index contributed by atoms with van der Waals surface area (Å²) in [6.07, 6.45) is 6.21. The molecule has 1 atom stereocenters. The van der Waals surface area contributed by atoms with Crippen LogP contribution in [-0.4, -0.2) is 39.8 Å². The van der Waals surface area contributed by atoms with Gasteiger partial charge in [0.2, 0.25) is 0 Å². The van der Waals surface area contributed by atoms with E-state index in [-0.39, 0.29) is 30.3 Å². The summed E-state index contributed by atoms with van der Waals surface area (Å²) in [6, 6.07) is 9.69. The van der Waals surface area contributed by atoms with E-state index in [1.54, 1.807) is 24.0 Å². The summed E-state index contributed by atoms with van der Waals surface area (Å²) < 4.78 is 7.83. The monoisotopic (exact) mass is 581 g/mol. The second-order valence-corrected chi connectivity index (χ2v) is 11.6. The van der Waals surface area contributed by atoms with Crippen LogP contribution in [0.5, 0.6) is 0 Å². The van der Waals surface area contributed by atoms with Crippen molar-refractivity contribution >= 4 is 33.6 Å². The maximum absolute atomic E-state index is 13.2. The van der Waals surface area contributed by atoms with Crippen LogP contribution in [0.4, 0.5) is 5.82 Å². The van der Waals surface area contributed by atoms with Gasteiger partial charge in [-0.25, -0.2) is 4.98 Å². The zero-order valence-electron chi connectivity index (χ0n) is 22.5. The van der Waals surface area contributed by atoms with Crippen LogP contribution >= 0.6 is 15.9 Å². The topological polar surface area (TPSA) is 98.1 Å². The average molecular weight is 583 g/mol. The number of hydrogen-bond donors (Lipinski definition) is 2. The Hall–Kier alpha value is -3.20. The van der Waals surface area contributed by atoms with Gasteiger partial charge in [0.25, 0.3) is 5.91 Å². The molecule has 4 rings (SSSR count). The second-order valence-electron chi connectivity index (χ2n) is 10.6. The molecule has 0 saturated heterocycles. The lowest BCUT2D eigenvalue weighted by molar-refractivity contribution is -0.143. The van der Waals surface area contributed by atoms with E-state index in [0.717, 1.165) is 46.5 Å². The lowest BCUT2D eigenvalue weighted by atomic mass is 9.85. The third-order valence-electron chi connectivity index (χ3n) is 6.61. The molecule has 3 aromatic rings. The first-order valence-corrected chi connectivity index (χ1v) is 13.9. The number of rotatable bonds is 9. The van der Waals surface area contributed by atoms with Gasteiger partial charge in [-0.05, 0) is 60.1 Å². The molecule has 1 amide bonds. The molecule has 2 aromatic heterocycles. The first kappa shape index (κ1) is 27.8. The van der Waals surface area contributed by atoms with Crippen LogP contribution in [0.1, 0.15) is 79.3 Å². The number of carbonyl (C=O) groups excluding carboxylic acids is 2. The van der Waals surface area contributed by atoms with E-state index in [4.69, 9.17) is 9.72 Å². The fourth-order valence-electron chi connectivity index (χ4n) is 4.47. The molecule has 202 valence electrons. The number of nitrogens with zero attached hydrogens (tertiary/aromatic N) is 3. The van der Waals surface area contributed by atoms with Crippen molar-refractivity contribution in [2.45, 2.75) is 71.4 Å². The summed E-state index contributed by atoms with van der Waals surface area (Å²) >= 11 is 3.59. The van der Waals surface area contributed by atoms with Gasteiger partial charge in [0.05, 0.1) is 30.8 Å². The largest absolute Gasteiger partial charge is 0.466 e. The predicted molar refractivity (Wildman–Crippen MR) is 151 cm³/mol. The lowest BCUT2D eigenvalue weighted by Crippen LogP contribution is -2.31. The average Bonchev–Trinajstić information content (AvgIpc) is 3.35. The van der Waals surface area contributed by atoms with Crippen LogP contribution in [0.2, 0.25) is 0 Å². The molecule has 0 bridgehead atoms. The molecule has 2 N–H and O–H groups in total. The van der Waals surface area contributed by atoms with Crippen molar-refractivity contribution in [2.75, 3.05) is 18.5 Å². The number of aromatic nitrogens is 3. The summed E-state index contributed by atoms with van der Waals surface area (Å²) in [5.74, 6) is 0.320. The predicted octanol–water partition coefficient (Wildman–Crippen LogP) is 5.36. The molecule has 0 aliphatic carbocycles. The number of ether oxygens (including phenoxy) is 1. The van der Waals surface area contributed by atoms with Crippen LogP contribution < -0.4 is 10.6 Å². The molecule has 1 aliphatic heterocycles. The van der Waals surface area contributed by atoms with Gasteiger partial charge in [0.15, 0.2) is 0 Å². The second kappa shape index (κ2) is 12.1. The van der Waals surface area contributed by atoms with Crippen LogP contribution in [0.25, 0.3) is 0 Å². The molecule has 1 aromatic carbocycles. The van der Waals surface area contributed by atoms with Crippen LogP contribution in [0.15, 0.2) is 47.2 Å². The summed E-state index contributed by atoms with van der Waals surface area (Å²) in [4.78, 5) is 30.4. The van der Waals surface area contributed by atoms with E-state index in [2.05, 4.69) is 70.6 Å². The van der Waals surface area contributed by atoms with E-state index in [1.807, 2.05) is 12.1 Å². The number of halogens is 1. The van der Waals surface area contributed by atoms with E-state index in [1.165, 1.54) is 5.56 Å². The van der Waals surface area contributed by atoms with Crippen molar-refractivity contribution in [2.24, 2.45) is 0 Å². The standard InChI is InChI=1S/C29H36BrN5O3/c1-5-38-26(36)16-25(20-13-22(29(2,3)4)15-23(30)14-20)34-28(37)21-17-32-35(18-21)12-10-24-9-8-19-7-6-11-31-27(19)33-24/h8-9,13-15,17-18,25H,5-7,10-12,16H2,1-4H3,(H,31,33)(H,34,37). The molecular formula is C29H36BrN5O3. The lowest BCUT2D eigenvalue weighted by Gasteiger charge is -2.24. The van der Waals surface area contributed by atoms with Crippen molar-refractivity contribution in [3.63, 3.8) is 0 Å². The van der Waals surface area contributed by atoms with E-state index >= 15 is 0 Å². The summed E-state index contributed by atoms with van der Waals surface area (Å²) in [6.45, 7) is 9.99. The van der Waals surface area contributed by atoms with Gasteiger partial charge in [-0.2, -0.15) is 5.10 Å². The van der Waals surface area contributed by atoms with Gasteiger partial charge >= 0.3 is 5.97 Å². The molecule has 0 spiro atoms. The summed E-state index contributed by atoms with van der Waals surface area (Å²) in [5, 5.41) is 10.8. The van der Waals surface area contributed by atoms with Crippen LogP contribution in [-0.2, 0) is 34.3 Å². The summed E-state index contributed by atoms with van der Waals surface area (Å²) in [7, 11) is 0. The van der Waals surface area contributed by atoms with Crippen molar-refractivity contribution in [1.82, 2.24) is 20.1 Å². The van der Waals surface area contributed by atoms with Gasteiger partial charge in [0, 0.05) is 35.9 Å². The van der Waals surface area contributed by atoms with Gasteiger partial charge in [0.1, 0.15) is 5.82 Å². The number of esters is 1.